The zero-order valence-electron chi connectivity index (χ0n) is 10.6. The predicted molar refractivity (Wildman–Crippen MR) is 65.1 cm³/mol. The number of hydrogen-bond donors (Lipinski definition) is 1. The third-order valence-corrected chi connectivity index (χ3v) is 3.33. The minimum Gasteiger partial charge on any atom is -0.311 e. The quantitative estimate of drug-likeness (QED) is 0.768. The van der Waals surface area contributed by atoms with Crippen molar-refractivity contribution < 1.29 is 0 Å². The monoisotopic (exact) mass is 210 g/mol. The van der Waals surface area contributed by atoms with Crippen molar-refractivity contribution in [1.82, 2.24) is 10.2 Å². The molecule has 1 heterocycles. The summed E-state index contributed by atoms with van der Waals surface area (Å²) in [6.45, 7) is 10.8. The summed E-state index contributed by atoms with van der Waals surface area (Å²) in [5.74, 6) is 0. The fraction of sp³-hybridized carbons (Fsp3) is 1.00. The van der Waals surface area contributed by atoms with Gasteiger partial charge in [0.1, 0.15) is 0 Å². The first kappa shape index (κ1) is 11.4. The Kier molecular flexibility index (Phi) is 3.36. The number of nitrogens with zero attached hydrogens (tertiary/aromatic N) is 1. The van der Waals surface area contributed by atoms with Crippen molar-refractivity contribution in [3.05, 3.63) is 0 Å². The first-order chi connectivity index (χ1) is 7.03. The molecule has 2 rings (SSSR count). The molecule has 0 atom stereocenters. The van der Waals surface area contributed by atoms with Crippen molar-refractivity contribution in [2.24, 2.45) is 5.41 Å². The molecular weight excluding hydrogens is 184 g/mol. The first-order valence-corrected chi connectivity index (χ1v) is 6.51. The van der Waals surface area contributed by atoms with Crippen LogP contribution in [0.3, 0.4) is 0 Å². The van der Waals surface area contributed by atoms with Crippen molar-refractivity contribution >= 4 is 0 Å². The van der Waals surface area contributed by atoms with E-state index in [2.05, 4.69) is 31.0 Å². The molecule has 0 unspecified atom stereocenters. The van der Waals surface area contributed by atoms with Crippen LogP contribution in [0.25, 0.3) is 0 Å². The van der Waals surface area contributed by atoms with E-state index in [-0.39, 0.29) is 0 Å². The third-order valence-electron chi connectivity index (χ3n) is 3.33. The van der Waals surface area contributed by atoms with E-state index in [0.717, 1.165) is 12.1 Å². The van der Waals surface area contributed by atoms with Crippen LogP contribution in [0.2, 0.25) is 0 Å². The summed E-state index contributed by atoms with van der Waals surface area (Å²) in [5.41, 5.74) is 0.455. The maximum atomic E-state index is 3.75. The Labute approximate surface area is 94.4 Å². The SMILES string of the molecule is CC(C)(C)CN1CCC(NC2CC2)CC1. The van der Waals surface area contributed by atoms with E-state index >= 15 is 0 Å². The van der Waals surface area contributed by atoms with Crippen LogP contribution in [0, 0.1) is 5.41 Å². The highest BCUT2D eigenvalue weighted by atomic mass is 15.2. The predicted octanol–water partition coefficient (Wildman–Crippen LogP) is 2.25. The van der Waals surface area contributed by atoms with Gasteiger partial charge in [-0.25, -0.2) is 0 Å². The summed E-state index contributed by atoms with van der Waals surface area (Å²) in [6, 6.07) is 1.69. The Bertz CT molecular complexity index is 195. The van der Waals surface area contributed by atoms with Crippen LogP contribution in [-0.4, -0.2) is 36.6 Å². The molecule has 2 aliphatic rings. The lowest BCUT2D eigenvalue weighted by Crippen LogP contribution is -2.45. The molecule has 2 nitrogen and oxygen atoms in total. The zero-order chi connectivity index (χ0) is 10.9. The molecule has 0 aromatic rings. The maximum Gasteiger partial charge on any atom is 0.00940 e. The Morgan fingerprint density at radius 3 is 2.00 bits per heavy atom. The zero-order valence-corrected chi connectivity index (χ0v) is 10.6. The fourth-order valence-electron chi connectivity index (χ4n) is 2.51. The molecule has 15 heavy (non-hydrogen) atoms. The molecule has 1 saturated heterocycles. The lowest BCUT2D eigenvalue weighted by molar-refractivity contribution is 0.146. The van der Waals surface area contributed by atoms with E-state index in [0.29, 0.717) is 5.41 Å². The summed E-state index contributed by atoms with van der Waals surface area (Å²) >= 11 is 0. The summed E-state index contributed by atoms with van der Waals surface area (Å²) in [5, 5.41) is 3.75. The fourth-order valence-corrected chi connectivity index (χ4v) is 2.51. The molecule has 2 fully saturated rings. The van der Waals surface area contributed by atoms with Gasteiger partial charge in [0.2, 0.25) is 0 Å². The molecular formula is C13H26N2. The summed E-state index contributed by atoms with van der Waals surface area (Å²) in [4.78, 5) is 2.63. The average molecular weight is 210 g/mol. The minimum atomic E-state index is 0.455. The van der Waals surface area contributed by atoms with Crippen LogP contribution in [0.15, 0.2) is 0 Å². The lowest BCUT2D eigenvalue weighted by Gasteiger charge is -2.36. The topological polar surface area (TPSA) is 15.3 Å². The van der Waals surface area contributed by atoms with Crippen LogP contribution >= 0.6 is 0 Å². The lowest BCUT2D eigenvalue weighted by atomic mass is 9.94. The average Bonchev–Trinajstić information content (AvgIpc) is 2.90. The summed E-state index contributed by atoms with van der Waals surface area (Å²) in [6.07, 6.45) is 5.55. The van der Waals surface area contributed by atoms with Crippen LogP contribution < -0.4 is 5.32 Å². The summed E-state index contributed by atoms with van der Waals surface area (Å²) in [7, 11) is 0. The van der Waals surface area contributed by atoms with Crippen molar-refractivity contribution in [3.63, 3.8) is 0 Å². The number of hydrogen-bond acceptors (Lipinski definition) is 2. The molecule has 0 bridgehead atoms. The molecule has 0 amide bonds. The molecule has 88 valence electrons. The van der Waals surface area contributed by atoms with E-state index in [9.17, 15) is 0 Å². The van der Waals surface area contributed by atoms with Gasteiger partial charge in [-0.15, -0.1) is 0 Å². The molecule has 0 aromatic heterocycles. The van der Waals surface area contributed by atoms with Crippen molar-refractivity contribution in [3.8, 4) is 0 Å². The van der Waals surface area contributed by atoms with Gasteiger partial charge in [0.15, 0.2) is 0 Å². The van der Waals surface area contributed by atoms with Crippen molar-refractivity contribution in [1.29, 1.82) is 0 Å². The van der Waals surface area contributed by atoms with E-state index in [1.165, 1.54) is 45.3 Å². The Morgan fingerprint density at radius 2 is 1.53 bits per heavy atom. The van der Waals surface area contributed by atoms with Gasteiger partial charge in [-0.3, -0.25) is 0 Å². The van der Waals surface area contributed by atoms with Crippen molar-refractivity contribution in [2.75, 3.05) is 19.6 Å². The Hall–Kier alpha value is -0.0800. The molecule has 1 aliphatic heterocycles. The second-order valence-corrected chi connectivity index (χ2v) is 6.55. The summed E-state index contributed by atoms with van der Waals surface area (Å²) < 4.78 is 0. The first-order valence-electron chi connectivity index (χ1n) is 6.51. The molecule has 0 spiro atoms. The van der Waals surface area contributed by atoms with Gasteiger partial charge in [0, 0.05) is 18.6 Å². The van der Waals surface area contributed by atoms with Crippen molar-refractivity contribution in [2.45, 2.75) is 58.5 Å². The molecule has 1 aliphatic carbocycles. The van der Waals surface area contributed by atoms with Gasteiger partial charge < -0.3 is 10.2 Å². The molecule has 1 N–H and O–H groups in total. The van der Waals surface area contributed by atoms with E-state index < -0.39 is 0 Å². The highest BCUT2D eigenvalue weighted by Gasteiger charge is 2.27. The van der Waals surface area contributed by atoms with Gasteiger partial charge in [-0.05, 0) is 44.2 Å². The van der Waals surface area contributed by atoms with Gasteiger partial charge in [-0.1, -0.05) is 20.8 Å². The smallest absolute Gasteiger partial charge is 0.00940 e. The maximum absolute atomic E-state index is 3.75. The normalized spacial score (nSPS) is 25.8. The van der Waals surface area contributed by atoms with Crippen LogP contribution in [-0.2, 0) is 0 Å². The molecule has 0 aromatic carbocycles. The third kappa shape index (κ3) is 4.12. The second kappa shape index (κ2) is 4.42. The molecule has 0 radical (unpaired) electrons. The van der Waals surface area contributed by atoms with Crippen LogP contribution in [0.4, 0.5) is 0 Å². The van der Waals surface area contributed by atoms with Gasteiger partial charge in [0.25, 0.3) is 0 Å². The second-order valence-electron chi connectivity index (χ2n) is 6.55. The highest BCUT2D eigenvalue weighted by Crippen LogP contribution is 2.23. The van der Waals surface area contributed by atoms with Crippen LogP contribution in [0.5, 0.6) is 0 Å². The Balaban J connectivity index is 1.67. The van der Waals surface area contributed by atoms with E-state index in [4.69, 9.17) is 0 Å². The number of likely N-dealkylation sites (tertiary alicyclic amines) is 1. The molecule has 2 heteroatoms. The molecule has 1 saturated carbocycles. The Morgan fingerprint density at radius 1 is 1.00 bits per heavy atom. The largest absolute Gasteiger partial charge is 0.311 e. The van der Waals surface area contributed by atoms with Crippen LogP contribution in [0.1, 0.15) is 46.5 Å². The van der Waals surface area contributed by atoms with E-state index in [1.54, 1.807) is 0 Å². The standard InChI is InChI=1S/C13H26N2/c1-13(2,3)10-15-8-6-12(7-9-15)14-11-4-5-11/h11-12,14H,4-10H2,1-3H3. The highest BCUT2D eigenvalue weighted by molar-refractivity contribution is 4.87. The number of piperidine rings is 1. The van der Waals surface area contributed by atoms with Gasteiger partial charge in [-0.2, -0.15) is 0 Å². The van der Waals surface area contributed by atoms with Gasteiger partial charge >= 0.3 is 0 Å². The van der Waals surface area contributed by atoms with E-state index in [1.807, 2.05) is 0 Å². The number of nitrogens with one attached hydrogen (secondary N) is 1. The minimum absolute atomic E-state index is 0.455. The van der Waals surface area contributed by atoms with Gasteiger partial charge in [0.05, 0.1) is 0 Å². The number of rotatable bonds is 3.